The molecule has 0 aromatic heterocycles. The number of ether oxygens (including phenoxy) is 1. The number of hydrogen-bond acceptors (Lipinski definition) is 3. The van der Waals surface area contributed by atoms with E-state index in [1.165, 1.54) is 0 Å². The van der Waals surface area contributed by atoms with Gasteiger partial charge in [-0.05, 0) is 31.2 Å². The summed E-state index contributed by atoms with van der Waals surface area (Å²) in [6.45, 7) is 1.64. The van der Waals surface area contributed by atoms with Crippen LogP contribution in [0.3, 0.4) is 0 Å². The molecule has 0 spiro atoms. The molecule has 1 atom stereocenters. The molecule has 0 saturated carbocycles. The molecule has 0 aliphatic heterocycles. The summed E-state index contributed by atoms with van der Waals surface area (Å²) >= 11 is 0. The first-order valence-corrected chi connectivity index (χ1v) is 4.09. The van der Waals surface area contributed by atoms with Crippen LogP contribution in [-0.4, -0.2) is 12.0 Å². The Labute approximate surface area is 81.9 Å². The van der Waals surface area contributed by atoms with Crippen LogP contribution in [0.15, 0.2) is 24.3 Å². The lowest BCUT2D eigenvalue weighted by Gasteiger charge is -2.07. The Balaban J connectivity index is 2.75. The van der Waals surface area contributed by atoms with E-state index < -0.39 is 12.0 Å². The summed E-state index contributed by atoms with van der Waals surface area (Å²) in [4.78, 5) is 10.7. The van der Waals surface area contributed by atoms with E-state index in [0.29, 0.717) is 11.3 Å². The fraction of sp³-hybridized carbons (Fsp3) is 0.200. The lowest BCUT2D eigenvalue weighted by Crippen LogP contribution is -2.11. The summed E-state index contributed by atoms with van der Waals surface area (Å²) in [5, 5.41) is 8.49. The van der Waals surface area contributed by atoms with Gasteiger partial charge in [0, 0.05) is 5.56 Å². The molecule has 0 saturated heterocycles. The second-order valence-electron chi connectivity index (χ2n) is 2.78. The second kappa shape index (κ2) is 4.28. The van der Waals surface area contributed by atoms with Gasteiger partial charge in [-0.15, -0.1) is 0 Å². The number of nitrogens with two attached hydrogens (primary N) is 1. The Bertz CT molecular complexity index is 365. The molecule has 0 aliphatic carbocycles. The van der Waals surface area contributed by atoms with Gasteiger partial charge in [0.25, 0.3) is 0 Å². The molecule has 1 unspecified atom stereocenters. The van der Waals surface area contributed by atoms with Crippen LogP contribution >= 0.6 is 0 Å². The van der Waals surface area contributed by atoms with E-state index in [0.717, 1.165) is 0 Å². The molecule has 0 fully saturated rings. The minimum atomic E-state index is -0.505. The topological polar surface area (TPSA) is 76.1 Å². The zero-order valence-corrected chi connectivity index (χ0v) is 7.73. The number of primary amides is 1. The second-order valence-corrected chi connectivity index (χ2v) is 2.78. The van der Waals surface area contributed by atoms with Crippen molar-refractivity contribution in [1.82, 2.24) is 0 Å². The fourth-order valence-corrected chi connectivity index (χ4v) is 0.928. The molecule has 14 heavy (non-hydrogen) atoms. The monoisotopic (exact) mass is 190 g/mol. The lowest BCUT2D eigenvalue weighted by atomic mass is 10.2. The normalized spacial score (nSPS) is 11.4. The van der Waals surface area contributed by atoms with Gasteiger partial charge >= 0.3 is 0 Å². The Morgan fingerprint density at radius 2 is 2.07 bits per heavy atom. The summed E-state index contributed by atoms with van der Waals surface area (Å²) in [6.07, 6.45) is -0.505. The summed E-state index contributed by atoms with van der Waals surface area (Å²) in [5.41, 5.74) is 5.48. The van der Waals surface area contributed by atoms with Crippen LogP contribution in [0.4, 0.5) is 0 Å². The summed E-state index contributed by atoms with van der Waals surface area (Å²) < 4.78 is 5.18. The number of amides is 1. The van der Waals surface area contributed by atoms with Gasteiger partial charge in [-0.1, -0.05) is 0 Å². The quantitative estimate of drug-likeness (QED) is 0.774. The van der Waals surface area contributed by atoms with Gasteiger partial charge in [0.05, 0.1) is 0 Å². The molecule has 0 radical (unpaired) electrons. The first kappa shape index (κ1) is 10.1. The molecule has 4 nitrogen and oxygen atoms in total. The van der Waals surface area contributed by atoms with E-state index in [9.17, 15) is 4.79 Å². The van der Waals surface area contributed by atoms with E-state index in [1.54, 1.807) is 31.2 Å². The third-order valence-electron chi connectivity index (χ3n) is 1.63. The first-order valence-electron chi connectivity index (χ1n) is 4.09. The van der Waals surface area contributed by atoms with E-state index in [-0.39, 0.29) is 0 Å². The van der Waals surface area contributed by atoms with Gasteiger partial charge < -0.3 is 10.5 Å². The maximum absolute atomic E-state index is 10.7. The van der Waals surface area contributed by atoms with Crippen molar-refractivity contribution >= 4 is 5.91 Å². The number of carbonyl (C=O) groups excluding carboxylic acids is 1. The minimum Gasteiger partial charge on any atom is -0.476 e. The van der Waals surface area contributed by atoms with Crippen molar-refractivity contribution in [2.45, 2.75) is 13.0 Å². The highest BCUT2D eigenvalue weighted by atomic mass is 16.5. The predicted molar refractivity (Wildman–Crippen MR) is 50.7 cm³/mol. The number of nitrogens with zero attached hydrogens (tertiary/aromatic N) is 1. The van der Waals surface area contributed by atoms with Crippen LogP contribution in [0.1, 0.15) is 17.3 Å². The van der Waals surface area contributed by atoms with Crippen molar-refractivity contribution in [1.29, 1.82) is 5.26 Å². The molecule has 0 aliphatic rings. The number of nitriles is 1. The Hall–Kier alpha value is -2.02. The van der Waals surface area contributed by atoms with Crippen LogP contribution in [0.25, 0.3) is 0 Å². The first-order chi connectivity index (χ1) is 6.63. The Kier molecular flexibility index (Phi) is 3.08. The average molecular weight is 190 g/mol. The van der Waals surface area contributed by atoms with Gasteiger partial charge in [-0.3, -0.25) is 4.79 Å². The number of hydrogen-bond donors (Lipinski definition) is 1. The molecule has 1 aromatic rings. The fourth-order valence-electron chi connectivity index (χ4n) is 0.928. The molecule has 2 N–H and O–H groups in total. The van der Waals surface area contributed by atoms with E-state index >= 15 is 0 Å². The van der Waals surface area contributed by atoms with Crippen LogP contribution in [0.5, 0.6) is 5.75 Å². The van der Waals surface area contributed by atoms with Crippen molar-refractivity contribution in [3.05, 3.63) is 29.8 Å². The Morgan fingerprint density at radius 3 is 2.50 bits per heavy atom. The molecule has 1 aromatic carbocycles. The van der Waals surface area contributed by atoms with Crippen LogP contribution < -0.4 is 10.5 Å². The molecule has 4 heteroatoms. The largest absolute Gasteiger partial charge is 0.476 e. The summed E-state index contributed by atoms with van der Waals surface area (Å²) in [5.74, 6) is 0.0638. The number of benzene rings is 1. The smallest absolute Gasteiger partial charge is 0.248 e. The molecular formula is C10H10N2O2. The SMILES string of the molecule is CC(C#N)Oc1ccc(C(N)=O)cc1. The van der Waals surface area contributed by atoms with Crippen LogP contribution in [0, 0.1) is 11.3 Å². The van der Waals surface area contributed by atoms with Crippen LogP contribution in [0.2, 0.25) is 0 Å². The third kappa shape index (κ3) is 2.49. The van der Waals surface area contributed by atoms with Gasteiger partial charge in [0.15, 0.2) is 6.10 Å². The molecule has 1 rings (SSSR count). The summed E-state index contributed by atoms with van der Waals surface area (Å²) in [7, 11) is 0. The van der Waals surface area contributed by atoms with Gasteiger partial charge in [-0.2, -0.15) is 5.26 Å². The summed E-state index contributed by atoms with van der Waals surface area (Å²) in [6, 6.07) is 8.26. The average Bonchev–Trinajstić information content (AvgIpc) is 2.18. The minimum absolute atomic E-state index is 0.418. The molecule has 0 heterocycles. The van der Waals surface area contributed by atoms with Crippen molar-refractivity contribution < 1.29 is 9.53 Å². The highest BCUT2D eigenvalue weighted by Gasteiger charge is 2.03. The van der Waals surface area contributed by atoms with Crippen molar-refractivity contribution in [2.75, 3.05) is 0 Å². The maximum Gasteiger partial charge on any atom is 0.248 e. The van der Waals surface area contributed by atoms with E-state index in [4.69, 9.17) is 15.7 Å². The Morgan fingerprint density at radius 1 is 1.50 bits per heavy atom. The van der Waals surface area contributed by atoms with Crippen LogP contribution in [-0.2, 0) is 0 Å². The zero-order valence-electron chi connectivity index (χ0n) is 7.73. The van der Waals surface area contributed by atoms with E-state index in [2.05, 4.69) is 0 Å². The number of carbonyl (C=O) groups is 1. The van der Waals surface area contributed by atoms with Crippen molar-refractivity contribution in [2.24, 2.45) is 5.73 Å². The standard InChI is InChI=1S/C10H10N2O2/c1-7(6-11)14-9-4-2-8(3-5-9)10(12)13/h2-5,7H,1H3,(H2,12,13). The van der Waals surface area contributed by atoms with E-state index in [1.807, 2.05) is 6.07 Å². The molecular weight excluding hydrogens is 180 g/mol. The molecule has 0 bridgehead atoms. The third-order valence-corrected chi connectivity index (χ3v) is 1.63. The van der Waals surface area contributed by atoms with Gasteiger partial charge in [-0.25, -0.2) is 0 Å². The van der Waals surface area contributed by atoms with Gasteiger partial charge in [0.1, 0.15) is 11.8 Å². The highest BCUT2D eigenvalue weighted by molar-refractivity contribution is 5.92. The predicted octanol–water partition coefficient (Wildman–Crippen LogP) is 1.08. The molecule has 1 amide bonds. The lowest BCUT2D eigenvalue weighted by molar-refractivity contribution is 0.100. The number of rotatable bonds is 3. The zero-order chi connectivity index (χ0) is 10.6. The van der Waals surface area contributed by atoms with Crippen molar-refractivity contribution in [3.63, 3.8) is 0 Å². The van der Waals surface area contributed by atoms with Gasteiger partial charge in [0.2, 0.25) is 5.91 Å². The van der Waals surface area contributed by atoms with Crippen molar-refractivity contribution in [3.8, 4) is 11.8 Å². The highest BCUT2D eigenvalue weighted by Crippen LogP contribution is 2.13. The molecule has 72 valence electrons. The maximum atomic E-state index is 10.7.